The number of furan rings is 1. The van der Waals surface area contributed by atoms with E-state index < -0.39 is 11.8 Å². The number of hydrogen-bond donors (Lipinski definition) is 2. The normalized spacial score (nSPS) is 10.6. The van der Waals surface area contributed by atoms with Gasteiger partial charge in [-0.25, -0.2) is 4.68 Å². The summed E-state index contributed by atoms with van der Waals surface area (Å²) in [7, 11) is 0. The molecule has 0 aliphatic heterocycles. The number of benzene rings is 1. The molecule has 2 amide bonds. The number of rotatable bonds is 4. The van der Waals surface area contributed by atoms with Gasteiger partial charge in [-0.1, -0.05) is 25.1 Å². The number of amides is 2. The van der Waals surface area contributed by atoms with E-state index >= 15 is 0 Å². The van der Waals surface area contributed by atoms with Crippen molar-refractivity contribution >= 4 is 22.6 Å². The van der Waals surface area contributed by atoms with Crippen LogP contribution in [0.1, 0.15) is 34.2 Å². The number of nitrogens with zero attached hydrogens (tertiary/aromatic N) is 2. The fourth-order valence-electron chi connectivity index (χ4n) is 2.40. The van der Waals surface area contributed by atoms with Crippen LogP contribution in [-0.2, 0) is 6.54 Å². The molecule has 3 aromatic rings. The summed E-state index contributed by atoms with van der Waals surface area (Å²) >= 11 is 0. The van der Waals surface area contributed by atoms with E-state index in [-0.39, 0.29) is 16.8 Å². The lowest BCUT2D eigenvalue weighted by molar-refractivity contribution is 0.0843. The quantitative estimate of drug-likeness (QED) is 0.700. The first kappa shape index (κ1) is 16.4. The van der Waals surface area contributed by atoms with Gasteiger partial charge in [0.05, 0.1) is 17.2 Å². The number of aryl methyl sites for hydroxylation is 1. The summed E-state index contributed by atoms with van der Waals surface area (Å²) in [5.41, 5.74) is 4.68. The molecule has 0 fully saturated rings. The molecule has 0 bridgehead atoms. The molecule has 0 spiro atoms. The molecule has 2 heterocycles. The average Bonchev–Trinajstić information content (AvgIpc) is 3.17. The summed E-state index contributed by atoms with van der Waals surface area (Å²) in [4.78, 5) is 36.7. The highest BCUT2D eigenvalue weighted by molar-refractivity contribution is 6.05. The maximum absolute atomic E-state index is 12.5. The van der Waals surface area contributed by atoms with E-state index in [0.717, 1.165) is 0 Å². The molecule has 0 atom stereocenters. The van der Waals surface area contributed by atoms with Crippen molar-refractivity contribution in [3.63, 3.8) is 0 Å². The molecule has 0 saturated heterocycles. The Kier molecular flexibility index (Phi) is 4.60. The maximum Gasteiger partial charge on any atom is 0.290 e. The first-order chi connectivity index (χ1) is 12.1. The van der Waals surface area contributed by atoms with Crippen LogP contribution in [0.5, 0.6) is 0 Å². The van der Waals surface area contributed by atoms with Gasteiger partial charge in [0.2, 0.25) is 0 Å². The van der Waals surface area contributed by atoms with Gasteiger partial charge < -0.3 is 4.42 Å². The summed E-state index contributed by atoms with van der Waals surface area (Å²) in [5.74, 6) is -1.13. The molecule has 3 rings (SSSR count). The second kappa shape index (κ2) is 7.00. The van der Waals surface area contributed by atoms with Gasteiger partial charge in [0.15, 0.2) is 5.69 Å². The van der Waals surface area contributed by atoms with Gasteiger partial charge in [0, 0.05) is 11.9 Å². The Morgan fingerprint density at radius 1 is 1.12 bits per heavy atom. The second-order valence-electron chi connectivity index (χ2n) is 5.34. The third kappa shape index (κ3) is 3.27. The van der Waals surface area contributed by atoms with Crippen molar-refractivity contribution in [2.75, 3.05) is 0 Å². The van der Waals surface area contributed by atoms with Crippen LogP contribution in [0.25, 0.3) is 10.8 Å². The molecule has 25 heavy (non-hydrogen) atoms. The van der Waals surface area contributed by atoms with Crippen molar-refractivity contribution in [3.05, 3.63) is 64.5 Å². The summed E-state index contributed by atoms with van der Waals surface area (Å²) in [6.45, 7) is 2.31. The van der Waals surface area contributed by atoms with Crippen LogP contribution in [0.15, 0.2) is 52.1 Å². The van der Waals surface area contributed by atoms with Gasteiger partial charge in [-0.15, -0.1) is 0 Å². The average molecular weight is 340 g/mol. The van der Waals surface area contributed by atoms with Crippen molar-refractivity contribution in [2.24, 2.45) is 0 Å². The molecule has 8 heteroatoms. The predicted molar refractivity (Wildman–Crippen MR) is 89.9 cm³/mol. The number of carbonyl (C=O) groups excluding carboxylic acids is 2. The van der Waals surface area contributed by atoms with E-state index in [1.807, 2.05) is 6.92 Å². The van der Waals surface area contributed by atoms with E-state index in [9.17, 15) is 14.4 Å². The standard InChI is InChI=1S/C17H16N4O4/c1-2-8-21-17(24)13-6-4-3-5-12(13)14(20-21)16(23)19-18-15(22)11-7-9-25-10-11/h3-7,9-10H,2,8H2,1H3,(H,18,22)(H,19,23). The number of hydrazine groups is 1. The second-order valence-corrected chi connectivity index (χ2v) is 5.34. The summed E-state index contributed by atoms with van der Waals surface area (Å²) < 4.78 is 6.08. The largest absolute Gasteiger partial charge is 0.472 e. The molecular weight excluding hydrogens is 324 g/mol. The highest BCUT2D eigenvalue weighted by Crippen LogP contribution is 2.13. The van der Waals surface area contributed by atoms with Crippen LogP contribution >= 0.6 is 0 Å². The molecular formula is C17H16N4O4. The molecule has 0 radical (unpaired) electrons. The maximum atomic E-state index is 12.5. The molecule has 0 unspecified atom stereocenters. The summed E-state index contributed by atoms with van der Waals surface area (Å²) in [6, 6.07) is 8.20. The minimum atomic E-state index is -0.613. The van der Waals surface area contributed by atoms with Crippen LogP contribution in [0.2, 0.25) is 0 Å². The lowest BCUT2D eigenvalue weighted by atomic mass is 10.1. The van der Waals surface area contributed by atoms with Crippen molar-refractivity contribution in [1.29, 1.82) is 0 Å². The minimum absolute atomic E-state index is 0.0659. The smallest absolute Gasteiger partial charge is 0.290 e. The highest BCUT2D eigenvalue weighted by atomic mass is 16.3. The van der Waals surface area contributed by atoms with E-state index in [1.54, 1.807) is 24.3 Å². The molecule has 0 aliphatic rings. The van der Waals surface area contributed by atoms with Gasteiger partial charge in [0.25, 0.3) is 17.4 Å². The van der Waals surface area contributed by atoms with E-state index in [1.165, 1.54) is 23.3 Å². The Labute approximate surface area is 142 Å². The van der Waals surface area contributed by atoms with Crippen molar-refractivity contribution in [1.82, 2.24) is 20.6 Å². The van der Waals surface area contributed by atoms with Crippen LogP contribution in [-0.4, -0.2) is 21.6 Å². The Balaban J connectivity index is 1.91. The lowest BCUT2D eigenvalue weighted by Crippen LogP contribution is -2.42. The molecule has 8 nitrogen and oxygen atoms in total. The van der Waals surface area contributed by atoms with Crippen molar-refractivity contribution in [3.8, 4) is 0 Å². The summed E-state index contributed by atoms with van der Waals surface area (Å²) in [6.07, 6.45) is 3.31. The fraction of sp³-hybridized carbons (Fsp3) is 0.176. The minimum Gasteiger partial charge on any atom is -0.472 e. The van der Waals surface area contributed by atoms with Gasteiger partial charge in [0.1, 0.15) is 6.26 Å². The Morgan fingerprint density at radius 3 is 2.52 bits per heavy atom. The highest BCUT2D eigenvalue weighted by Gasteiger charge is 2.17. The van der Waals surface area contributed by atoms with E-state index in [0.29, 0.717) is 23.7 Å². The van der Waals surface area contributed by atoms with E-state index in [2.05, 4.69) is 16.0 Å². The number of carbonyl (C=O) groups is 2. The van der Waals surface area contributed by atoms with Crippen molar-refractivity contribution in [2.45, 2.75) is 19.9 Å². The molecule has 0 saturated carbocycles. The van der Waals surface area contributed by atoms with Gasteiger partial charge in [-0.05, 0) is 18.6 Å². The zero-order valence-corrected chi connectivity index (χ0v) is 13.5. The number of fused-ring (bicyclic) bond motifs is 1. The third-order valence-electron chi connectivity index (χ3n) is 3.59. The molecule has 2 N–H and O–H groups in total. The predicted octanol–water partition coefficient (Wildman–Crippen LogP) is 1.47. The molecule has 2 aromatic heterocycles. The van der Waals surface area contributed by atoms with Crippen LogP contribution in [0.3, 0.4) is 0 Å². The topological polar surface area (TPSA) is 106 Å². The Bertz CT molecular complexity index is 976. The van der Waals surface area contributed by atoms with Crippen LogP contribution < -0.4 is 16.4 Å². The number of nitrogens with one attached hydrogen (secondary N) is 2. The van der Waals surface area contributed by atoms with E-state index in [4.69, 9.17) is 4.42 Å². The third-order valence-corrected chi connectivity index (χ3v) is 3.59. The fourth-order valence-corrected chi connectivity index (χ4v) is 2.40. The lowest BCUT2D eigenvalue weighted by Gasteiger charge is -2.11. The number of aromatic nitrogens is 2. The Hall–Kier alpha value is -3.42. The Morgan fingerprint density at radius 2 is 1.84 bits per heavy atom. The molecule has 128 valence electrons. The van der Waals surface area contributed by atoms with Gasteiger partial charge in [-0.3, -0.25) is 25.2 Å². The monoisotopic (exact) mass is 340 g/mol. The van der Waals surface area contributed by atoms with Gasteiger partial charge >= 0.3 is 0 Å². The molecule has 1 aromatic carbocycles. The van der Waals surface area contributed by atoms with Gasteiger partial charge in [-0.2, -0.15) is 5.10 Å². The first-order valence-electron chi connectivity index (χ1n) is 7.74. The van der Waals surface area contributed by atoms with Crippen molar-refractivity contribution < 1.29 is 14.0 Å². The first-order valence-corrected chi connectivity index (χ1v) is 7.74. The molecule has 0 aliphatic carbocycles. The van der Waals surface area contributed by atoms with Crippen LogP contribution in [0.4, 0.5) is 0 Å². The SMILES string of the molecule is CCCn1nc(C(=O)NNC(=O)c2ccoc2)c2ccccc2c1=O. The number of hydrogen-bond acceptors (Lipinski definition) is 5. The zero-order valence-electron chi connectivity index (χ0n) is 13.5. The zero-order chi connectivity index (χ0) is 17.8. The summed E-state index contributed by atoms with van der Waals surface area (Å²) in [5, 5.41) is 4.98. The van der Waals surface area contributed by atoms with Crippen LogP contribution in [0, 0.1) is 0 Å².